The predicted octanol–water partition coefficient (Wildman–Crippen LogP) is 5.30. The van der Waals surface area contributed by atoms with Gasteiger partial charge in [-0.15, -0.1) is 0 Å². The summed E-state index contributed by atoms with van der Waals surface area (Å²) in [5.41, 5.74) is 0.114. The number of nitrogens with zero attached hydrogens (tertiary/aromatic N) is 4. The Labute approximate surface area is 169 Å². The van der Waals surface area contributed by atoms with Gasteiger partial charge >= 0.3 is 0 Å². The zero-order valence-electron chi connectivity index (χ0n) is 17.5. The van der Waals surface area contributed by atoms with Crippen LogP contribution in [-0.4, -0.2) is 26.7 Å². The number of fused-ring (bicyclic) bond motifs is 4. The van der Waals surface area contributed by atoms with Crippen molar-refractivity contribution in [2.24, 2.45) is 5.92 Å². The molecule has 4 aliphatic rings. The van der Waals surface area contributed by atoms with E-state index in [-0.39, 0.29) is 11.4 Å². The zero-order chi connectivity index (χ0) is 19.1. The summed E-state index contributed by atoms with van der Waals surface area (Å²) in [6.07, 6.45) is 18.2. The van der Waals surface area contributed by atoms with Crippen molar-refractivity contribution in [3.05, 3.63) is 5.82 Å². The lowest BCUT2D eigenvalue weighted by Gasteiger charge is -2.55. The van der Waals surface area contributed by atoms with Gasteiger partial charge in [0.2, 0.25) is 11.9 Å². The highest BCUT2D eigenvalue weighted by Gasteiger charge is 2.55. The number of carbonyl (C=O) groups is 1. The molecule has 1 aliphatic heterocycles. The van der Waals surface area contributed by atoms with Crippen LogP contribution in [0.1, 0.15) is 115 Å². The monoisotopic (exact) mass is 384 g/mol. The molecular weight excluding hydrogens is 348 g/mol. The van der Waals surface area contributed by atoms with E-state index in [1.165, 1.54) is 83.5 Å². The van der Waals surface area contributed by atoms with Gasteiger partial charge in [-0.05, 0) is 38.5 Å². The highest BCUT2D eigenvalue weighted by atomic mass is 16.2. The van der Waals surface area contributed by atoms with Crippen LogP contribution in [0.4, 0.5) is 5.95 Å². The summed E-state index contributed by atoms with van der Waals surface area (Å²) >= 11 is 0. The van der Waals surface area contributed by atoms with Crippen molar-refractivity contribution in [1.29, 1.82) is 0 Å². The van der Waals surface area contributed by atoms with Crippen LogP contribution in [0.3, 0.4) is 0 Å². The minimum Gasteiger partial charge on any atom is -0.277 e. The van der Waals surface area contributed by atoms with E-state index >= 15 is 0 Å². The van der Waals surface area contributed by atoms with E-state index in [1.807, 2.05) is 6.92 Å². The second-order valence-corrected chi connectivity index (χ2v) is 9.76. The van der Waals surface area contributed by atoms with E-state index in [9.17, 15) is 4.79 Å². The van der Waals surface area contributed by atoms with Crippen molar-refractivity contribution in [2.75, 3.05) is 4.90 Å². The number of aromatic nitrogens is 3. The number of anilines is 1. The number of rotatable bonds is 2. The molecule has 3 aliphatic carbocycles. The summed E-state index contributed by atoms with van der Waals surface area (Å²) in [7, 11) is 0. The van der Waals surface area contributed by atoms with Crippen molar-refractivity contribution >= 4 is 11.9 Å². The van der Waals surface area contributed by atoms with Crippen molar-refractivity contribution in [1.82, 2.24) is 14.8 Å². The molecule has 0 bridgehead atoms. The summed E-state index contributed by atoms with van der Waals surface area (Å²) in [5.74, 6) is 3.23. The summed E-state index contributed by atoms with van der Waals surface area (Å²) in [6.45, 7) is 1.99. The van der Waals surface area contributed by atoms with Crippen molar-refractivity contribution in [2.45, 2.75) is 121 Å². The third kappa shape index (κ3) is 2.83. The minimum absolute atomic E-state index is 0.114. The Balaban J connectivity index is 1.63. The molecule has 0 saturated heterocycles. The molecule has 1 amide bonds. The standard InChI is InChI=1S/C23H36N4O/c1-2-20(28)26-19-14-8-7-13-18(19)23(15-9-4-10-16-23)27-22(26)24-21(25-27)17-11-5-3-6-12-17/h17-19H,2-16H2,1H3/t18-,19+/m1/s1. The number of hydrogen-bond acceptors (Lipinski definition) is 3. The van der Waals surface area contributed by atoms with Crippen molar-refractivity contribution in [3.63, 3.8) is 0 Å². The Morgan fingerprint density at radius 3 is 2.39 bits per heavy atom. The third-order valence-corrected chi connectivity index (χ3v) is 8.26. The molecule has 0 N–H and O–H groups in total. The first kappa shape index (κ1) is 18.6. The van der Waals surface area contributed by atoms with Gasteiger partial charge in [-0.25, -0.2) is 4.68 Å². The van der Waals surface area contributed by atoms with Crippen LogP contribution in [0.2, 0.25) is 0 Å². The maximum Gasteiger partial charge on any atom is 0.231 e. The molecule has 154 valence electrons. The fourth-order valence-corrected chi connectivity index (χ4v) is 6.87. The van der Waals surface area contributed by atoms with Gasteiger partial charge in [-0.2, -0.15) is 10.1 Å². The second-order valence-electron chi connectivity index (χ2n) is 9.76. The number of carbonyl (C=O) groups excluding carboxylic acids is 1. The molecule has 2 heterocycles. The molecule has 0 unspecified atom stereocenters. The normalized spacial score (nSPS) is 30.1. The summed E-state index contributed by atoms with van der Waals surface area (Å²) in [6, 6.07) is 0.343. The SMILES string of the molecule is CCC(=O)N1c2nc(C3CCCCC3)nn2C2(CCCCC2)[C@@H]2CCCC[C@@H]21. The highest BCUT2D eigenvalue weighted by molar-refractivity contribution is 5.92. The lowest BCUT2D eigenvalue weighted by molar-refractivity contribution is -0.120. The van der Waals surface area contributed by atoms with Gasteiger partial charge in [0, 0.05) is 24.3 Å². The summed E-state index contributed by atoms with van der Waals surface area (Å²) in [4.78, 5) is 20.3. The zero-order valence-corrected chi connectivity index (χ0v) is 17.5. The van der Waals surface area contributed by atoms with Crippen LogP contribution in [0.15, 0.2) is 0 Å². The predicted molar refractivity (Wildman–Crippen MR) is 110 cm³/mol. The largest absolute Gasteiger partial charge is 0.277 e. The molecule has 1 spiro atoms. The fourth-order valence-electron chi connectivity index (χ4n) is 6.87. The van der Waals surface area contributed by atoms with Crippen molar-refractivity contribution in [3.8, 4) is 0 Å². The van der Waals surface area contributed by atoms with Crippen LogP contribution in [-0.2, 0) is 10.3 Å². The summed E-state index contributed by atoms with van der Waals surface area (Å²) < 4.78 is 2.30. The molecular formula is C23H36N4O. The van der Waals surface area contributed by atoms with E-state index in [2.05, 4.69) is 9.58 Å². The van der Waals surface area contributed by atoms with Gasteiger partial charge in [0.1, 0.15) is 0 Å². The molecule has 5 rings (SSSR count). The molecule has 2 atom stereocenters. The van der Waals surface area contributed by atoms with Crippen LogP contribution >= 0.6 is 0 Å². The van der Waals surface area contributed by atoms with Crippen LogP contribution < -0.4 is 4.90 Å². The molecule has 3 saturated carbocycles. The van der Waals surface area contributed by atoms with E-state index in [1.54, 1.807) is 0 Å². The smallest absolute Gasteiger partial charge is 0.231 e. The van der Waals surface area contributed by atoms with Gasteiger partial charge in [-0.1, -0.05) is 58.3 Å². The van der Waals surface area contributed by atoms with Gasteiger partial charge < -0.3 is 0 Å². The lowest BCUT2D eigenvalue weighted by atomic mass is 9.64. The number of amides is 1. The maximum atomic E-state index is 13.1. The second kappa shape index (κ2) is 7.46. The number of hydrogen-bond donors (Lipinski definition) is 0. The molecule has 5 nitrogen and oxygen atoms in total. The molecule has 0 aromatic carbocycles. The molecule has 1 aromatic heterocycles. The first-order valence-corrected chi connectivity index (χ1v) is 12.0. The Morgan fingerprint density at radius 1 is 0.964 bits per heavy atom. The van der Waals surface area contributed by atoms with E-state index in [0.29, 0.717) is 24.3 Å². The molecule has 28 heavy (non-hydrogen) atoms. The van der Waals surface area contributed by atoms with Gasteiger partial charge in [0.15, 0.2) is 5.82 Å². The molecule has 0 radical (unpaired) electrons. The first-order chi connectivity index (χ1) is 13.7. The third-order valence-electron chi connectivity index (χ3n) is 8.26. The van der Waals surface area contributed by atoms with Gasteiger partial charge in [-0.3, -0.25) is 9.69 Å². The van der Waals surface area contributed by atoms with Crippen LogP contribution in [0, 0.1) is 5.92 Å². The Hall–Kier alpha value is -1.39. The lowest BCUT2D eigenvalue weighted by Crippen LogP contribution is -2.61. The van der Waals surface area contributed by atoms with Crippen molar-refractivity contribution < 1.29 is 4.79 Å². The summed E-state index contributed by atoms with van der Waals surface area (Å²) in [5, 5.41) is 5.22. The quantitative estimate of drug-likeness (QED) is 0.695. The van der Waals surface area contributed by atoms with Gasteiger partial charge in [0.05, 0.1) is 5.54 Å². The van der Waals surface area contributed by atoms with Crippen LogP contribution in [0.25, 0.3) is 0 Å². The Kier molecular flexibility index (Phi) is 4.96. The minimum atomic E-state index is 0.114. The average Bonchev–Trinajstić information content (AvgIpc) is 3.21. The Bertz CT molecular complexity index is 714. The van der Waals surface area contributed by atoms with Crippen LogP contribution in [0.5, 0.6) is 0 Å². The molecule has 5 heteroatoms. The Morgan fingerprint density at radius 2 is 1.64 bits per heavy atom. The highest BCUT2D eigenvalue weighted by Crippen LogP contribution is 2.53. The average molecular weight is 385 g/mol. The maximum absolute atomic E-state index is 13.1. The van der Waals surface area contributed by atoms with E-state index < -0.39 is 0 Å². The molecule has 1 aromatic rings. The van der Waals surface area contributed by atoms with Gasteiger partial charge in [0.25, 0.3) is 0 Å². The topological polar surface area (TPSA) is 51.0 Å². The fraction of sp³-hybridized carbons (Fsp3) is 0.870. The van der Waals surface area contributed by atoms with E-state index in [4.69, 9.17) is 10.1 Å². The molecule has 3 fully saturated rings. The van der Waals surface area contributed by atoms with E-state index in [0.717, 1.165) is 18.2 Å². The first-order valence-electron chi connectivity index (χ1n) is 12.0.